The first-order valence-electron chi connectivity index (χ1n) is 43.4. The fourth-order valence-electron chi connectivity index (χ4n) is 18.3. The number of unbranched alkanes of at least 4 members (excludes halogenated alkanes) is 16. The summed E-state index contributed by atoms with van der Waals surface area (Å²) >= 11 is 0. The summed E-state index contributed by atoms with van der Waals surface area (Å²) in [6.45, 7) is 9.21. The second-order valence-corrected chi connectivity index (χ2v) is 31.8. The van der Waals surface area contributed by atoms with Crippen LogP contribution in [0.5, 0.6) is 0 Å². The van der Waals surface area contributed by atoms with Crippen molar-refractivity contribution in [2.75, 3.05) is 0 Å². The zero-order chi connectivity index (χ0) is 78.5. The molecule has 2 aliphatic heterocycles. The Kier molecular flexibility index (Phi) is 25.5. The van der Waals surface area contributed by atoms with Crippen LogP contribution in [0, 0.1) is 0 Å². The van der Waals surface area contributed by atoms with E-state index in [9.17, 15) is 0 Å². The number of benzene rings is 12. The minimum absolute atomic E-state index is 0. The molecule has 0 radical (unpaired) electrons. The van der Waals surface area contributed by atoms with Crippen LogP contribution in [0.2, 0.25) is 0 Å². The van der Waals surface area contributed by atoms with Gasteiger partial charge in [0, 0.05) is 66.7 Å². The zero-order valence-electron chi connectivity index (χ0n) is 68.3. The van der Waals surface area contributed by atoms with Crippen molar-refractivity contribution in [1.82, 2.24) is 39.9 Å². The molecule has 2 aliphatic rings. The van der Waals surface area contributed by atoms with Gasteiger partial charge < -0.3 is 29.9 Å². The monoisotopic (exact) mass is 1570 g/mol. The summed E-state index contributed by atoms with van der Waals surface area (Å²) in [6, 6.07) is 97.4. The van der Waals surface area contributed by atoms with E-state index >= 15 is 0 Å². The first-order chi connectivity index (χ1) is 57.5. The smallest absolute Gasteiger partial charge is 0.357 e. The molecule has 15 aromatic rings. The van der Waals surface area contributed by atoms with Crippen LogP contribution in [-0.4, -0.2) is 29.9 Å². The van der Waals surface area contributed by atoms with E-state index in [-0.39, 0.29) is 16.5 Å². The Balaban J connectivity index is 0.0000102. The summed E-state index contributed by atoms with van der Waals surface area (Å²) < 4.78 is 0. The van der Waals surface area contributed by atoms with Crippen LogP contribution in [0.3, 0.4) is 0 Å². The van der Waals surface area contributed by atoms with E-state index in [1.165, 1.54) is 99.3 Å². The molecule has 0 atom stereocenters. The van der Waals surface area contributed by atoms with E-state index < -0.39 is 0 Å². The third-order valence-electron chi connectivity index (χ3n) is 23.9. The van der Waals surface area contributed by atoms with Gasteiger partial charge in [0.05, 0.1) is 23.3 Å². The number of rotatable bonds is 32. The first kappa shape index (κ1) is 79.3. The number of nitrogens with zero attached hydrogens (tertiary/aromatic N) is 8. The predicted molar refractivity (Wildman–Crippen MR) is 487 cm³/mol. The van der Waals surface area contributed by atoms with E-state index in [1.807, 2.05) is 0 Å². The molecule has 0 fully saturated rings. The molecule has 0 saturated heterocycles. The minimum Gasteiger partial charge on any atom is -0.357 e. The van der Waals surface area contributed by atoms with E-state index in [2.05, 4.69) is 295 Å². The molecular weight excluding hydrogens is 1470 g/mol. The Bertz CT molecular complexity index is 6110. The third-order valence-corrected chi connectivity index (χ3v) is 23.9. The molecule has 8 nitrogen and oxygen atoms in total. The van der Waals surface area contributed by atoms with Gasteiger partial charge in [0.25, 0.3) is 0 Å². The van der Waals surface area contributed by atoms with Crippen molar-refractivity contribution >= 4 is 44.1 Å². The average molecular weight is 1570 g/mol. The van der Waals surface area contributed by atoms with E-state index in [0.717, 1.165) is 210 Å². The number of hydrogen-bond acceptors (Lipinski definition) is 6. The zero-order valence-corrected chi connectivity index (χ0v) is 69.3. The van der Waals surface area contributed by atoms with Gasteiger partial charge in [-0.25, -0.2) is 9.97 Å². The van der Waals surface area contributed by atoms with Crippen molar-refractivity contribution in [3.63, 3.8) is 0 Å². The summed E-state index contributed by atoms with van der Waals surface area (Å²) in [5.74, 6) is 2.24. The maximum atomic E-state index is 6.37. The van der Waals surface area contributed by atoms with Gasteiger partial charge in [-0.15, -0.1) is 0 Å². The van der Waals surface area contributed by atoms with E-state index in [1.54, 1.807) is 0 Å². The molecule has 8 bridgehead atoms. The van der Waals surface area contributed by atoms with Crippen molar-refractivity contribution in [2.45, 2.75) is 182 Å². The second-order valence-electron chi connectivity index (χ2n) is 31.8. The maximum Gasteiger partial charge on any atom is 2.00 e. The summed E-state index contributed by atoms with van der Waals surface area (Å²) in [6.07, 6.45) is 26.5. The molecule has 586 valence electrons. The standard InChI is InChI=1S/C108H104N8.Ni/c1-5-9-13-17-29-65-81-69-71-83(67-31-19-15-11-7-3)95-93(81)101-109-102-94-82(66-30-18-14-10-6-2)70-72-84(68-32-20-16-12-8-4)96(94)104(111-102)113-106-98-90(78-59-43-26-44-60-78)86(74-51-35-22-36-52-74)88(76-55-39-24-40-56-76)92(80-63-47-28-48-64-80)100(98)108(115-106)116-107-99-91(79-61-45-27-46-62-79)87(75-53-37-23-38-54-75)85(73-49-33-21-34-50-73)89(77-57-41-25-42-58-77)97(99)105(114-107)112-103(95)110-101;/h21-28,33-64,69-72H,5-20,29-32,65-68H2,1-4H3;/q-2;+2. The Labute approximate surface area is 701 Å². The van der Waals surface area contributed by atoms with Crippen LogP contribution >= 0.6 is 0 Å². The Morgan fingerprint density at radius 1 is 0.179 bits per heavy atom. The molecule has 0 unspecified atom stereocenters. The van der Waals surface area contributed by atoms with Crippen LogP contribution in [0.1, 0.15) is 178 Å². The number of aromatic nitrogens is 8. The van der Waals surface area contributed by atoms with Gasteiger partial charge in [-0.05, 0) is 162 Å². The summed E-state index contributed by atoms with van der Waals surface area (Å²) in [4.78, 5) is 49.5. The van der Waals surface area contributed by atoms with Gasteiger partial charge in [-0.3, -0.25) is 0 Å². The SMILES string of the molecule is CCCCCCCc1ccc(CCCCCCC)c2c1-c1nc-2nc2[n-]c(nc3nc(nc4[n-]c(n1)c1c(CCCCCCC)ccc(CCCCCCC)c41)-c1c(-c4ccccc4)c(-c4ccccc4)c(-c4ccccc4)c(-c4ccccc4)c1-3)c1c(-c3ccccc3)c(-c3ccccc3)c(-c3ccccc3)c(-c3ccccc3)c21.[Ni+2]. The molecule has 0 amide bonds. The van der Waals surface area contributed by atoms with Crippen molar-refractivity contribution in [1.29, 1.82) is 0 Å². The van der Waals surface area contributed by atoms with Gasteiger partial charge in [0.2, 0.25) is 0 Å². The topological polar surface area (TPSA) is 106 Å². The van der Waals surface area contributed by atoms with Gasteiger partial charge in [0.15, 0.2) is 0 Å². The third kappa shape index (κ3) is 16.4. The maximum absolute atomic E-state index is 6.37. The average Bonchev–Trinajstić information content (AvgIpc) is 1.60. The van der Waals surface area contributed by atoms with Crippen molar-refractivity contribution in [3.05, 3.63) is 289 Å². The van der Waals surface area contributed by atoms with Crippen LogP contribution in [0.4, 0.5) is 0 Å². The molecule has 0 N–H and O–H groups in total. The predicted octanol–water partition coefficient (Wildman–Crippen LogP) is 29.5. The first-order valence-corrected chi connectivity index (χ1v) is 43.4. The quantitative estimate of drug-likeness (QED) is 0.0303. The fourth-order valence-corrected chi connectivity index (χ4v) is 18.3. The molecule has 17 rings (SSSR count). The molecule has 5 heterocycles. The molecule has 0 saturated carbocycles. The van der Waals surface area contributed by atoms with Gasteiger partial charge in [0.1, 0.15) is 0 Å². The number of hydrogen-bond donors (Lipinski definition) is 0. The van der Waals surface area contributed by atoms with Gasteiger partial charge in [-0.2, -0.15) is 0 Å². The Hall–Kier alpha value is -11.5. The molecule has 0 spiro atoms. The fraction of sp³-hybridized carbons (Fsp3) is 0.259. The van der Waals surface area contributed by atoms with E-state index in [4.69, 9.17) is 39.9 Å². The molecule has 12 aromatic carbocycles. The molecular formula is C108H104N8Ni. The summed E-state index contributed by atoms with van der Waals surface area (Å²) in [5.41, 5.74) is 27.5. The van der Waals surface area contributed by atoms with Gasteiger partial charge in [-0.1, -0.05) is 397 Å². The normalized spacial score (nSPS) is 11.7. The molecule has 117 heavy (non-hydrogen) atoms. The van der Waals surface area contributed by atoms with Crippen molar-refractivity contribution < 1.29 is 16.5 Å². The van der Waals surface area contributed by atoms with Gasteiger partial charge >= 0.3 is 16.5 Å². The molecule has 9 heteroatoms. The van der Waals surface area contributed by atoms with E-state index in [0.29, 0.717) is 45.9 Å². The Morgan fingerprint density at radius 3 is 0.632 bits per heavy atom. The minimum atomic E-state index is 0. The molecule has 0 aliphatic carbocycles. The van der Waals surface area contributed by atoms with Crippen molar-refractivity contribution in [2.24, 2.45) is 0 Å². The van der Waals surface area contributed by atoms with Crippen LogP contribution < -0.4 is 9.97 Å². The van der Waals surface area contributed by atoms with Crippen molar-refractivity contribution in [3.8, 4) is 135 Å². The Morgan fingerprint density at radius 2 is 0.376 bits per heavy atom. The number of aryl methyl sites for hydroxylation is 4. The summed E-state index contributed by atoms with van der Waals surface area (Å²) in [5, 5.41) is 3.81. The molecule has 3 aromatic heterocycles. The van der Waals surface area contributed by atoms with Crippen LogP contribution in [-0.2, 0) is 42.2 Å². The van der Waals surface area contributed by atoms with Crippen LogP contribution in [0.25, 0.3) is 179 Å². The van der Waals surface area contributed by atoms with Crippen LogP contribution in [0.15, 0.2) is 267 Å². The summed E-state index contributed by atoms with van der Waals surface area (Å²) in [7, 11) is 0. The number of fused-ring (bicyclic) bond motifs is 20. The second kappa shape index (κ2) is 37.6. The largest absolute Gasteiger partial charge is 2.00 e.